The number of nitrogens with one attached hydrogen (secondary N) is 1. The molecule has 0 radical (unpaired) electrons. The SMILES string of the molecule is Cn1ccc(CNCC2(O)CCCCC2)n1. The summed E-state index contributed by atoms with van der Waals surface area (Å²) in [6.07, 6.45) is 7.38. The first-order valence-electron chi connectivity index (χ1n) is 6.10. The number of hydrogen-bond acceptors (Lipinski definition) is 3. The minimum atomic E-state index is -0.479. The zero-order valence-corrected chi connectivity index (χ0v) is 9.95. The Kier molecular flexibility index (Phi) is 3.61. The van der Waals surface area contributed by atoms with Crippen LogP contribution in [0.3, 0.4) is 0 Å². The van der Waals surface area contributed by atoms with Gasteiger partial charge >= 0.3 is 0 Å². The van der Waals surface area contributed by atoms with E-state index >= 15 is 0 Å². The third-order valence-corrected chi connectivity index (χ3v) is 3.31. The van der Waals surface area contributed by atoms with Crippen molar-refractivity contribution in [3.8, 4) is 0 Å². The van der Waals surface area contributed by atoms with E-state index in [2.05, 4.69) is 10.4 Å². The Balaban J connectivity index is 1.74. The van der Waals surface area contributed by atoms with Gasteiger partial charge in [-0.05, 0) is 18.9 Å². The van der Waals surface area contributed by atoms with E-state index in [4.69, 9.17) is 0 Å². The van der Waals surface area contributed by atoms with Gasteiger partial charge in [-0.2, -0.15) is 5.10 Å². The third-order valence-electron chi connectivity index (χ3n) is 3.31. The fraction of sp³-hybridized carbons (Fsp3) is 0.750. The molecular weight excluding hydrogens is 202 g/mol. The third kappa shape index (κ3) is 3.06. The first kappa shape index (κ1) is 11.6. The van der Waals surface area contributed by atoms with Crippen LogP contribution in [0.5, 0.6) is 0 Å². The molecule has 1 aliphatic rings. The van der Waals surface area contributed by atoms with Crippen molar-refractivity contribution in [2.45, 2.75) is 44.2 Å². The molecule has 2 rings (SSSR count). The van der Waals surface area contributed by atoms with Crippen LogP contribution < -0.4 is 5.32 Å². The molecule has 2 N–H and O–H groups in total. The molecule has 0 spiro atoms. The highest BCUT2D eigenvalue weighted by Gasteiger charge is 2.28. The maximum absolute atomic E-state index is 10.3. The molecule has 4 heteroatoms. The van der Waals surface area contributed by atoms with Crippen LogP contribution in [0.25, 0.3) is 0 Å². The number of aryl methyl sites for hydroxylation is 1. The molecule has 1 aromatic heterocycles. The van der Waals surface area contributed by atoms with Crippen molar-refractivity contribution in [2.75, 3.05) is 6.54 Å². The van der Waals surface area contributed by atoms with Crippen LogP contribution >= 0.6 is 0 Å². The lowest BCUT2D eigenvalue weighted by atomic mass is 9.85. The molecule has 0 unspecified atom stereocenters. The molecule has 4 nitrogen and oxygen atoms in total. The molecule has 16 heavy (non-hydrogen) atoms. The monoisotopic (exact) mass is 223 g/mol. The summed E-state index contributed by atoms with van der Waals surface area (Å²) in [5, 5.41) is 17.9. The Bertz CT molecular complexity index is 329. The van der Waals surface area contributed by atoms with E-state index in [1.807, 2.05) is 19.3 Å². The van der Waals surface area contributed by atoms with Crippen LogP contribution in [-0.4, -0.2) is 27.0 Å². The standard InChI is InChI=1S/C12H21N3O/c1-15-8-5-11(14-15)9-13-10-12(16)6-3-2-4-7-12/h5,8,13,16H,2-4,6-7,9-10H2,1H3. The van der Waals surface area contributed by atoms with Gasteiger partial charge in [-0.3, -0.25) is 4.68 Å². The second kappa shape index (κ2) is 4.97. The van der Waals surface area contributed by atoms with Crippen LogP contribution in [0.15, 0.2) is 12.3 Å². The van der Waals surface area contributed by atoms with Gasteiger partial charge in [-0.15, -0.1) is 0 Å². The van der Waals surface area contributed by atoms with Gasteiger partial charge < -0.3 is 10.4 Å². The summed E-state index contributed by atoms with van der Waals surface area (Å²) in [5.41, 5.74) is 0.550. The summed E-state index contributed by atoms with van der Waals surface area (Å²) in [5.74, 6) is 0. The van der Waals surface area contributed by atoms with Crippen LogP contribution in [0.1, 0.15) is 37.8 Å². The summed E-state index contributed by atoms with van der Waals surface area (Å²) in [6, 6.07) is 2.00. The Morgan fingerprint density at radius 2 is 2.19 bits per heavy atom. The minimum absolute atomic E-state index is 0.479. The first-order chi connectivity index (χ1) is 7.68. The molecule has 0 bridgehead atoms. The maximum atomic E-state index is 10.3. The van der Waals surface area contributed by atoms with E-state index in [-0.39, 0.29) is 0 Å². The Morgan fingerprint density at radius 3 is 2.81 bits per heavy atom. The number of rotatable bonds is 4. The highest BCUT2D eigenvalue weighted by molar-refractivity contribution is 4.98. The lowest BCUT2D eigenvalue weighted by Crippen LogP contribution is -2.41. The van der Waals surface area contributed by atoms with E-state index in [9.17, 15) is 5.11 Å². The van der Waals surface area contributed by atoms with Crippen molar-refractivity contribution in [3.63, 3.8) is 0 Å². The lowest BCUT2D eigenvalue weighted by molar-refractivity contribution is 0.00461. The van der Waals surface area contributed by atoms with Gasteiger partial charge in [-0.25, -0.2) is 0 Å². The average Bonchev–Trinajstić information content (AvgIpc) is 2.65. The van der Waals surface area contributed by atoms with Crippen molar-refractivity contribution in [1.82, 2.24) is 15.1 Å². The lowest BCUT2D eigenvalue weighted by Gasteiger charge is -2.32. The molecule has 0 aromatic carbocycles. The summed E-state index contributed by atoms with van der Waals surface area (Å²) >= 11 is 0. The predicted molar refractivity (Wildman–Crippen MR) is 62.9 cm³/mol. The van der Waals surface area contributed by atoms with Gasteiger partial charge in [0.2, 0.25) is 0 Å². The zero-order chi connectivity index (χ0) is 11.4. The van der Waals surface area contributed by atoms with E-state index in [0.717, 1.165) is 37.9 Å². The van der Waals surface area contributed by atoms with E-state index < -0.39 is 5.60 Å². The number of aromatic nitrogens is 2. The molecule has 0 amide bonds. The topological polar surface area (TPSA) is 50.1 Å². The van der Waals surface area contributed by atoms with Crippen molar-refractivity contribution < 1.29 is 5.11 Å². The molecule has 0 saturated heterocycles. The molecule has 1 fully saturated rings. The van der Waals surface area contributed by atoms with Crippen molar-refractivity contribution in [2.24, 2.45) is 7.05 Å². The number of nitrogens with zero attached hydrogens (tertiary/aromatic N) is 2. The Hall–Kier alpha value is -0.870. The largest absolute Gasteiger partial charge is 0.389 e. The summed E-state index contributed by atoms with van der Waals surface area (Å²) in [7, 11) is 1.91. The normalized spacial score (nSPS) is 19.9. The summed E-state index contributed by atoms with van der Waals surface area (Å²) in [4.78, 5) is 0. The number of aliphatic hydroxyl groups is 1. The number of hydrogen-bond donors (Lipinski definition) is 2. The quantitative estimate of drug-likeness (QED) is 0.806. The van der Waals surface area contributed by atoms with Crippen LogP contribution in [0.2, 0.25) is 0 Å². The summed E-state index contributed by atoms with van der Waals surface area (Å²) < 4.78 is 1.80. The molecule has 90 valence electrons. The van der Waals surface area contributed by atoms with Crippen LogP contribution in [-0.2, 0) is 13.6 Å². The molecule has 0 atom stereocenters. The average molecular weight is 223 g/mol. The van der Waals surface area contributed by atoms with E-state index in [1.54, 1.807) is 4.68 Å². The van der Waals surface area contributed by atoms with Crippen LogP contribution in [0, 0.1) is 0 Å². The fourth-order valence-electron chi connectivity index (χ4n) is 2.37. The zero-order valence-electron chi connectivity index (χ0n) is 9.95. The van der Waals surface area contributed by atoms with Crippen molar-refractivity contribution in [3.05, 3.63) is 18.0 Å². The Morgan fingerprint density at radius 1 is 1.44 bits per heavy atom. The van der Waals surface area contributed by atoms with Gasteiger partial charge in [0.1, 0.15) is 0 Å². The van der Waals surface area contributed by atoms with Gasteiger partial charge in [-0.1, -0.05) is 19.3 Å². The minimum Gasteiger partial charge on any atom is -0.389 e. The fourth-order valence-corrected chi connectivity index (χ4v) is 2.37. The second-order valence-corrected chi connectivity index (χ2v) is 4.87. The molecule has 0 aliphatic heterocycles. The molecule has 1 aromatic rings. The van der Waals surface area contributed by atoms with Gasteiger partial charge in [0.15, 0.2) is 0 Å². The highest BCUT2D eigenvalue weighted by Crippen LogP contribution is 2.27. The smallest absolute Gasteiger partial charge is 0.0771 e. The van der Waals surface area contributed by atoms with Gasteiger partial charge in [0, 0.05) is 26.3 Å². The molecule has 1 heterocycles. The Labute approximate surface area is 96.7 Å². The van der Waals surface area contributed by atoms with E-state index in [0.29, 0.717) is 6.54 Å². The van der Waals surface area contributed by atoms with Crippen LogP contribution in [0.4, 0.5) is 0 Å². The summed E-state index contributed by atoms with van der Waals surface area (Å²) in [6.45, 7) is 1.42. The first-order valence-corrected chi connectivity index (χ1v) is 6.10. The van der Waals surface area contributed by atoms with Crippen molar-refractivity contribution >= 4 is 0 Å². The van der Waals surface area contributed by atoms with Gasteiger partial charge in [0.05, 0.1) is 11.3 Å². The van der Waals surface area contributed by atoms with Gasteiger partial charge in [0.25, 0.3) is 0 Å². The van der Waals surface area contributed by atoms with Crippen molar-refractivity contribution in [1.29, 1.82) is 0 Å². The molecular formula is C12H21N3O. The highest BCUT2D eigenvalue weighted by atomic mass is 16.3. The maximum Gasteiger partial charge on any atom is 0.0771 e. The predicted octanol–water partition coefficient (Wildman–Crippen LogP) is 1.20. The molecule has 1 aliphatic carbocycles. The van der Waals surface area contributed by atoms with E-state index in [1.165, 1.54) is 6.42 Å². The molecule has 1 saturated carbocycles. The second-order valence-electron chi connectivity index (χ2n) is 4.87.